The second kappa shape index (κ2) is 4.82. The van der Waals surface area contributed by atoms with Gasteiger partial charge in [0.2, 0.25) is 5.43 Å². The van der Waals surface area contributed by atoms with Crippen LogP contribution in [-0.4, -0.2) is 10.2 Å². The summed E-state index contributed by atoms with van der Waals surface area (Å²) in [4.78, 5) is 21.8. The van der Waals surface area contributed by atoms with Crippen LogP contribution in [0.3, 0.4) is 0 Å². The minimum absolute atomic E-state index is 0.150. The largest absolute Gasteiger partial charge is 0.484 e. The zero-order chi connectivity index (χ0) is 13.1. The van der Waals surface area contributed by atoms with Gasteiger partial charge in [-0.1, -0.05) is 0 Å². The lowest BCUT2D eigenvalue weighted by Gasteiger charge is -2.06. The molecule has 1 aromatic carbocycles. The Kier molecular flexibility index (Phi) is 3.22. The lowest BCUT2D eigenvalue weighted by atomic mass is 10.3. The van der Waals surface area contributed by atoms with Crippen LogP contribution in [0.1, 0.15) is 5.69 Å². The summed E-state index contributed by atoms with van der Waals surface area (Å²) >= 11 is 0. The normalized spacial score (nSPS) is 10.3. The Hall–Kier alpha value is -2.44. The highest BCUT2D eigenvalue weighted by atomic mass is 19.1. The van der Waals surface area contributed by atoms with Crippen molar-refractivity contribution in [1.29, 1.82) is 0 Å². The number of halogens is 2. The molecule has 0 aliphatic rings. The van der Waals surface area contributed by atoms with Crippen molar-refractivity contribution in [1.82, 2.24) is 10.2 Å². The molecular formula is C11H8F2N2O3. The molecular weight excluding hydrogens is 246 g/mol. The molecule has 0 atom stereocenters. The number of rotatable bonds is 3. The lowest BCUT2D eigenvalue weighted by Crippen LogP contribution is -2.28. The van der Waals surface area contributed by atoms with Crippen molar-refractivity contribution in [2.24, 2.45) is 0 Å². The molecule has 7 heteroatoms. The molecule has 0 saturated heterocycles. The summed E-state index contributed by atoms with van der Waals surface area (Å²) in [7, 11) is 0. The van der Waals surface area contributed by atoms with E-state index in [2.05, 4.69) is 10.2 Å². The van der Waals surface area contributed by atoms with Crippen molar-refractivity contribution in [3.8, 4) is 5.75 Å². The first-order valence-electron chi connectivity index (χ1n) is 4.95. The smallest absolute Gasteiger partial charge is 0.310 e. The Morgan fingerprint density at radius 2 is 1.89 bits per heavy atom. The molecule has 18 heavy (non-hydrogen) atoms. The maximum absolute atomic E-state index is 13.2. The van der Waals surface area contributed by atoms with Gasteiger partial charge in [0.1, 0.15) is 12.4 Å². The van der Waals surface area contributed by atoms with Gasteiger partial charge in [0.05, 0.1) is 5.69 Å². The first-order valence-corrected chi connectivity index (χ1v) is 4.95. The van der Waals surface area contributed by atoms with Crippen LogP contribution in [0, 0.1) is 11.6 Å². The molecule has 94 valence electrons. The minimum atomic E-state index is -0.846. The van der Waals surface area contributed by atoms with E-state index < -0.39 is 22.6 Å². The monoisotopic (exact) mass is 254 g/mol. The van der Waals surface area contributed by atoms with Gasteiger partial charge in [-0.15, -0.1) is 0 Å². The number of ether oxygens (including phenoxy) is 1. The van der Waals surface area contributed by atoms with Crippen molar-refractivity contribution in [3.05, 3.63) is 62.2 Å². The topological polar surface area (TPSA) is 75.0 Å². The van der Waals surface area contributed by atoms with Crippen LogP contribution in [0.15, 0.2) is 33.9 Å². The van der Waals surface area contributed by atoms with Crippen molar-refractivity contribution >= 4 is 0 Å². The fraction of sp³-hybridized carbons (Fsp3) is 0.0909. The summed E-state index contributed by atoms with van der Waals surface area (Å²) in [6.45, 7) is -0.158. The fourth-order valence-electron chi connectivity index (χ4n) is 1.28. The van der Waals surface area contributed by atoms with E-state index in [9.17, 15) is 18.4 Å². The number of hydrogen-bond acceptors (Lipinski definition) is 3. The van der Waals surface area contributed by atoms with E-state index in [0.717, 1.165) is 18.2 Å². The number of aromatic nitrogens is 2. The van der Waals surface area contributed by atoms with Gasteiger partial charge in [-0.3, -0.25) is 19.8 Å². The van der Waals surface area contributed by atoms with Gasteiger partial charge >= 0.3 is 5.56 Å². The Morgan fingerprint density at radius 1 is 1.11 bits per heavy atom. The summed E-state index contributed by atoms with van der Waals surface area (Å²) in [6.07, 6.45) is 0. The second-order valence-corrected chi connectivity index (χ2v) is 3.48. The highest BCUT2D eigenvalue weighted by Gasteiger charge is 2.05. The van der Waals surface area contributed by atoms with Crippen molar-refractivity contribution in [2.45, 2.75) is 6.61 Å². The van der Waals surface area contributed by atoms with E-state index in [4.69, 9.17) is 4.74 Å². The molecule has 0 bridgehead atoms. The molecule has 0 radical (unpaired) electrons. The van der Waals surface area contributed by atoms with Crippen LogP contribution in [0.25, 0.3) is 0 Å². The maximum Gasteiger partial charge on any atom is 0.310 e. The highest BCUT2D eigenvalue weighted by molar-refractivity contribution is 5.24. The molecule has 1 aromatic heterocycles. The van der Waals surface area contributed by atoms with E-state index in [1.54, 1.807) is 0 Å². The molecule has 0 amide bonds. The molecule has 0 aliphatic heterocycles. The van der Waals surface area contributed by atoms with Crippen molar-refractivity contribution in [2.75, 3.05) is 0 Å². The molecule has 0 aliphatic carbocycles. The molecule has 2 rings (SSSR count). The molecule has 0 unspecified atom stereocenters. The van der Waals surface area contributed by atoms with Gasteiger partial charge in [0, 0.05) is 12.1 Å². The van der Waals surface area contributed by atoms with Crippen LogP contribution >= 0.6 is 0 Å². The Balaban J connectivity index is 2.13. The van der Waals surface area contributed by atoms with E-state index in [1.807, 2.05) is 0 Å². The quantitative estimate of drug-likeness (QED) is 0.800. The average Bonchev–Trinajstić information content (AvgIpc) is 2.32. The highest BCUT2D eigenvalue weighted by Crippen LogP contribution is 2.18. The third kappa shape index (κ3) is 2.62. The first-order chi connectivity index (χ1) is 8.56. The molecule has 0 spiro atoms. The Labute approximate surface area is 99.0 Å². The van der Waals surface area contributed by atoms with E-state index in [0.29, 0.717) is 6.07 Å². The molecule has 5 nitrogen and oxygen atoms in total. The number of nitrogens with one attached hydrogen (secondary N) is 2. The van der Waals surface area contributed by atoms with E-state index in [-0.39, 0.29) is 18.1 Å². The van der Waals surface area contributed by atoms with E-state index in [1.165, 1.54) is 0 Å². The lowest BCUT2D eigenvalue weighted by molar-refractivity contribution is 0.283. The predicted molar refractivity (Wildman–Crippen MR) is 58.4 cm³/mol. The number of H-pyrrole nitrogens is 2. The van der Waals surface area contributed by atoms with E-state index >= 15 is 0 Å². The molecule has 1 heterocycles. The van der Waals surface area contributed by atoms with Gasteiger partial charge in [-0.05, 0) is 12.1 Å². The Morgan fingerprint density at radius 3 is 2.56 bits per heavy atom. The summed E-state index contributed by atoms with van der Waals surface area (Å²) in [5, 5.41) is 4.52. The predicted octanol–water partition coefficient (Wildman–Crippen LogP) is 0.920. The third-order valence-electron chi connectivity index (χ3n) is 2.14. The van der Waals surface area contributed by atoms with Gasteiger partial charge in [0.25, 0.3) is 0 Å². The van der Waals surface area contributed by atoms with Crippen LogP contribution in [0.4, 0.5) is 8.78 Å². The third-order valence-corrected chi connectivity index (χ3v) is 2.14. The average molecular weight is 254 g/mol. The number of aromatic amines is 2. The first kappa shape index (κ1) is 12.0. The summed E-state index contributed by atoms with van der Waals surface area (Å²) in [5.41, 5.74) is -1.25. The Bertz CT molecular complexity index is 678. The molecule has 0 fully saturated rings. The zero-order valence-corrected chi connectivity index (χ0v) is 9.00. The summed E-state index contributed by atoms with van der Waals surface area (Å²) in [6, 6.07) is 3.91. The van der Waals surface area contributed by atoms with Gasteiger partial charge in [0.15, 0.2) is 11.6 Å². The second-order valence-electron chi connectivity index (χ2n) is 3.48. The SMILES string of the molecule is O=c1cc(COc2ccc(F)cc2F)[nH][nH]c1=O. The van der Waals surface area contributed by atoms with Crippen LogP contribution in [0.5, 0.6) is 5.75 Å². The molecule has 2 N–H and O–H groups in total. The summed E-state index contributed by atoms with van der Waals surface area (Å²) < 4.78 is 30.9. The maximum atomic E-state index is 13.2. The minimum Gasteiger partial charge on any atom is -0.484 e. The fourth-order valence-corrected chi connectivity index (χ4v) is 1.28. The molecule has 2 aromatic rings. The van der Waals surface area contributed by atoms with Crippen molar-refractivity contribution < 1.29 is 13.5 Å². The van der Waals surface area contributed by atoms with Crippen LogP contribution < -0.4 is 15.7 Å². The van der Waals surface area contributed by atoms with Gasteiger partial charge in [-0.25, -0.2) is 8.78 Å². The molecule has 0 saturated carbocycles. The summed E-state index contributed by atoms with van der Waals surface area (Å²) in [5.74, 6) is -1.71. The number of hydrogen-bond donors (Lipinski definition) is 2. The number of benzene rings is 1. The van der Waals surface area contributed by atoms with Crippen LogP contribution in [0.2, 0.25) is 0 Å². The van der Waals surface area contributed by atoms with Gasteiger partial charge < -0.3 is 4.74 Å². The zero-order valence-electron chi connectivity index (χ0n) is 9.00. The van der Waals surface area contributed by atoms with Gasteiger partial charge in [-0.2, -0.15) is 0 Å². The van der Waals surface area contributed by atoms with Crippen molar-refractivity contribution in [3.63, 3.8) is 0 Å². The van der Waals surface area contributed by atoms with Crippen LogP contribution in [-0.2, 0) is 6.61 Å². The standard InChI is InChI=1S/C11H8F2N2O3/c12-6-1-2-10(8(13)3-6)18-5-7-4-9(16)11(17)15-14-7/h1-4H,5H2,(H,14,16)(H,15,17).